The maximum atomic E-state index is 12.5. The molecule has 1 saturated heterocycles. The minimum atomic E-state index is -0.285. The average molecular weight is 355 g/mol. The number of aromatic nitrogens is 3. The van der Waals surface area contributed by atoms with Crippen LogP contribution in [-0.4, -0.2) is 65.8 Å². The van der Waals surface area contributed by atoms with E-state index in [4.69, 9.17) is 9.72 Å². The van der Waals surface area contributed by atoms with Gasteiger partial charge >= 0.3 is 0 Å². The third-order valence-corrected chi connectivity index (χ3v) is 4.79. The zero-order valence-corrected chi connectivity index (χ0v) is 14.8. The van der Waals surface area contributed by atoms with E-state index >= 15 is 0 Å². The van der Waals surface area contributed by atoms with E-state index in [1.54, 1.807) is 7.11 Å². The lowest BCUT2D eigenvalue weighted by Gasteiger charge is -2.34. The number of piperazine rings is 1. The molecule has 3 heterocycles. The second-order valence-electron chi connectivity index (χ2n) is 6.37. The van der Waals surface area contributed by atoms with Crippen molar-refractivity contribution in [2.24, 2.45) is 0 Å². The quantitative estimate of drug-likeness (QED) is 0.704. The van der Waals surface area contributed by atoms with E-state index in [1.807, 2.05) is 47.1 Å². The largest absolute Gasteiger partial charge is 0.497 e. The zero-order valence-electron chi connectivity index (χ0n) is 14.8. The van der Waals surface area contributed by atoms with Crippen molar-refractivity contribution in [3.05, 3.63) is 42.7 Å². The van der Waals surface area contributed by atoms with Gasteiger partial charge in [0.1, 0.15) is 18.2 Å². The molecule has 4 rings (SSSR count). The molecular weight excluding hydrogens is 333 g/mol. The lowest BCUT2D eigenvalue weighted by Crippen LogP contribution is -2.47. The van der Waals surface area contributed by atoms with E-state index in [0.717, 1.165) is 49.0 Å². The van der Waals surface area contributed by atoms with Crippen LogP contribution in [0.25, 0.3) is 17.0 Å². The lowest BCUT2D eigenvalue weighted by atomic mass is 10.2. The summed E-state index contributed by atoms with van der Waals surface area (Å²) >= 11 is 0. The smallest absolute Gasteiger partial charge is 0.236 e. The van der Waals surface area contributed by atoms with Crippen molar-refractivity contribution in [2.75, 3.05) is 51.4 Å². The number of hydrogen-bond donors (Lipinski definition) is 0. The molecule has 3 aromatic rings. The number of ether oxygens (including phenoxy) is 1. The Kier molecular flexibility index (Phi) is 4.71. The minimum absolute atomic E-state index is 0.285. The molecule has 0 spiro atoms. The fraction of sp³-hybridized carbons (Fsp3) is 0.368. The van der Waals surface area contributed by atoms with E-state index in [2.05, 4.69) is 14.8 Å². The summed E-state index contributed by atoms with van der Waals surface area (Å²) in [4.78, 5) is 13.8. The van der Waals surface area contributed by atoms with Gasteiger partial charge < -0.3 is 9.64 Å². The fourth-order valence-corrected chi connectivity index (χ4v) is 3.26. The number of hydrogen-bond acceptors (Lipinski definition) is 5. The third-order valence-electron chi connectivity index (χ3n) is 4.79. The van der Waals surface area contributed by atoms with Gasteiger partial charge in [-0.1, -0.05) is 0 Å². The second-order valence-corrected chi connectivity index (χ2v) is 6.37. The monoisotopic (exact) mass is 355 g/mol. The second kappa shape index (κ2) is 7.29. The predicted octanol–water partition coefficient (Wildman–Crippen LogP) is 2.50. The molecular formula is C19H22FN5O. The first-order chi connectivity index (χ1) is 12.8. The number of nitrogens with zero attached hydrogens (tertiary/aromatic N) is 5. The van der Waals surface area contributed by atoms with Crippen LogP contribution in [0, 0.1) is 0 Å². The van der Waals surface area contributed by atoms with Crippen LogP contribution in [0.4, 0.5) is 10.2 Å². The van der Waals surface area contributed by atoms with Gasteiger partial charge in [-0.2, -0.15) is 4.98 Å². The van der Waals surface area contributed by atoms with E-state index in [-0.39, 0.29) is 6.67 Å². The summed E-state index contributed by atoms with van der Waals surface area (Å²) in [6.45, 7) is 3.67. The summed E-state index contributed by atoms with van der Waals surface area (Å²) < 4.78 is 19.6. The zero-order chi connectivity index (χ0) is 17.9. The van der Waals surface area contributed by atoms with Crippen LogP contribution in [0.15, 0.2) is 42.7 Å². The maximum absolute atomic E-state index is 12.5. The number of alkyl halides is 1. The van der Waals surface area contributed by atoms with Crippen molar-refractivity contribution in [1.82, 2.24) is 19.3 Å². The molecule has 0 amide bonds. The molecule has 7 heteroatoms. The van der Waals surface area contributed by atoms with Crippen LogP contribution in [0.2, 0.25) is 0 Å². The van der Waals surface area contributed by atoms with Gasteiger partial charge in [0, 0.05) is 50.7 Å². The van der Waals surface area contributed by atoms with Crippen molar-refractivity contribution in [2.45, 2.75) is 0 Å². The molecule has 0 radical (unpaired) electrons. The van der Waals surface area contributed by atoms with Gasteiger partial charge in [0.15, 0.2) is 0 Å². The van der Waals surface area contributed by atoms with Gasteiger partial charge in [-0.25, -0.2) is 9.37 Å². The highest BCUT2D eigenvalue weighted by atomic mass is 19.1. The molecule has 0 unspecified atom stereocenters. The predicted molar refractivity (Wildman–Crippen MR) is 99.6 cm³/mol. The van der Waals surface area contributed by atoms with Gasteiger partial charge in [0.2, 0.25) is 5.78 Å². The third kappa shape index (κ3) is 3.35. The molecule has 1 aromatic carbocycles. The summed E-state index contributed by atoms with van der Waals surface area (Å²) in [5.41, 5.74) is 1.91. The van der Waals surface area contributed by atoms with Crippen LogP contribution in [0.1, 0.15) is 0 Å². The maximum Gasteiger partial charge on any atom is 0.236 e. The molecule has 1 aliphatic heterocycles. The number of imidazole rings is 1. The Morgan fingerprint density at radius 3 is 2.50 bits per heavy atom. The van der Waals surface area contributed by atoms with Gasteiger partial charge in [-0.15, -0.1) is 0 Å². The summed E-state index contributed by atoms with van der Waals surface area (Å²) in [5, 5.41) is 0. The van der Waals surface area contributed by atoms with Gasteiger partial charge in [-0.3, -0.25) is 9.30 Å². The highest BCUT2D eigenvalue weighted by Gasteiger charge is 2.18. The Bertz CT molecular complexity index is 871. The number of rotatable bonds is 5. The van der Waals surface area contributed by atoms with E-state index < -0.39 is 0 Å². The first-order valence-corrected chi connectivity index (χ1v) is 8.80. The summed E-state index contributed by atoms with van der Waals surface area (Å²) in [6.07, 6.45) is 3.97. The van der Waals surface area contributed by atoms with Crippen molar-refractivity contribution in [3.8, 4) is 17.0 Å². The Morgan fingerprint density at radius 2 is 1.81 bits per heavy atom. The van der Waals surface area contributed by atoms with E-state index in [9.17, 15) is 4.39 Å². The molecule has 136 valence electrons. The average Bonchev–Trinajstić information content (AvgIpc) is 3.12. The van der Waals surface area contributed by atoms with Crippen LogP contribution in [0.5, 0.6) is 5.75 Å². The molecule has 0 atom stereocenters. The Morgan fingerprint density at radius 1 is 1.04 bits per heavy atom. The Labute approximate surface area is 151 Å². The van der Waals surface area contributed by atoms with Crippen LogP contribution < -0.4 is 9.64 Å². The topological polar surface area (TPSA) is 45.9 Å². The van der Waals surface area contributed by atoms with Crippen molar-refractivity contribution in [3.63, 3.8) is 0 Å². The summed E-state index contributed by atoms with van der Waals surface area (Å²) in [6, 6.07) is 9.85. The van der Waals surface area contributed by atoms with E-state index in [1.165, 1.54) is 0 Å². The molecule has 0 bridgehead atoms. The molecule has 1 fully saturated rings. The standard InChI is InChI=1S/C19H22FN5O/c1-26-16-4-2-15(3-5-16)17-14-25-8-6-18(22-19(25)21-17)24-12-10-23(9-7-20)11-13-24/h2-6,8,14H,7,9-13H2,1H3. The van der Waals surface area contributed by atoms with Gasteiger partial charge in [0.25, 0.3) is 0 Å². The normalized spacial score (nSPS) is 15.5. The van der Waals surface area contributed by atoms with Gasteiger partial charge in [-0.05, 0) is 30.3 Å². The van der Waals surface area contributed by atoms with Crippen LogP contribution >= 0.6 is 0 Å². The summed E-state index contributed by atoms with van der Waals surface area (Å²) in [5.74, 6) is 2.42. The minimum Gasteiger partial charge on any atom is -0.497 e. The number of anilines is 1. The van der Waals surface area contributed by atoms with Gasteiger partial charge in [0.05, 0.1) is 12.8 Å². The van der Waals surface area contributed by atoms with Crippen LogP contribution in [-0.2, 0) is 0 Å². The Balaban J connectivity index is 1.54. The SMILES string of the molecule is COc1ccc(-c2cn3ccc(N4CCN(CCF)CC4)nc3n2)cc1. The lowest BCUT2D eigenvalue weighted by molar-refractivity contribution is 0.235. The molecule has 0 aliphatic carbocycles. The van der Waals surface area contributed by atoms with Crippen molar-refractivity contribution >= 4 is 11.6 Å². The number of benzene rings is 1. The molecule has 2 aromatic heterocycles. The van der Waals surface area contributed by atoms with Crippen molar-refractivity contribution < 1.29 is 9.13 Å². The number of halogens is 1. The molecule has 1 aliphatic rings. The summed E-state index contributed by atoms with van der Waals surface area (Å²) in [7, 11) is 1.66. The highest BCUT2D eigenvalue weighted by Crippen LogP contribution is 2.23. The first-order valence-electron chi connectivity index (χ1n) is 8.80. The number of methoxy groups -OCH3 is 1. The molecule has 0 saturated carbocycles. The highest BCUT2D eigenvalue weighted by molar-refractivity contribution is 5.63. The Hall–Kier alpha value is -2.67. The molecule has 0 N–H and O–H groups in total. The fourth-order valence-electron chi connectivity index (χ4n) is 3.26. The van der Waals surface area contributed by atoms with Crippen molar-refractivity contribution in [1.29, 1.82) is 0 Å². The molecule has 26 heavy (non-hydrogen) atoms. The van der Waals surface area contributed by atoms with Crippen LogP contribution in [0.3, 0.4) is 0 Å². The number of fused-ring (bicyclic) bond motifs is 1. The van der Waals surface area contributed by atoms with E-state index in [0.29, 0.717) is 12.3 Å². The molecule has 6 nitrogen and oxygen atoms in total. The first kappa shape index (κ1) is 16.8.